The molecule has 0 radical (unpaired) electrons. The van der Waals surface area contributed by atoms with Crippen LogP contribution in [0.1, 0.15) is 33.2 Å². The highest BCUT2D eigenvalue weighted by atomic mass is 16.3. The molecule has 0 spiro atoms. The monoisotopic (exact) mass is 272 g/mol. The number of hydrogen-bond acceptors (Lipinski definition) is 4. The maximum atomic E-state index is 9.36. The Morgan fingerprint density at radius 1 is 1.25 bits per heavy atom. The number of phenolic OH excluding ortho intramolecular Hbond substituents is 1. The first-order valence-corrected chi connectivity index (χ1v) is 6.95. The van der Waals surface area contributed by atoms with Gasteiger partial charge in [-0.25, -0.2) is 4.68 Å². The zero-order valence-electron chi connectivity index (χ0n) is 12.1. The molecule has 3 rings (SSSR count). The molecule has 1 atom stereocenters. The van der Waals surface area contributed by atoms with Crippen LogP contribution in [0.3, 0.4) is 0 Å². The summed E-state index contributed by atoms with van der Waals surface area (Å²) in [5, 5.41) is 17.3. The molecule has 0 amide bonds. The second kappa shape index (κ2) is 4.51. The zero-order chi connectivity index (χ0) is 14.3. The van der Waals surface area contributed by atoms with Crippen LogP contribution in [0, 0.1) is 5.41 Å². The van der Waals surface area contributed by atoms with Gasteiger partial charge in [-0.1, -0.05) is 20.8 Å². The van der Waals surface area contributed by atoms with E-state index in [2.05, 4.69) is 36.2 Å². The van der Waals surface area contributed by atoms with Crippen LogP contribution in [0.2, 0.25) is 0 Å². The van der Waals surface area contributed by atoms with Gasteiger partial charge in [0.05, 0.1) is 6.04 Å². The van der Waals surface area contributed by atoms with Crippen molar-refractivity contribution in [2.24, 2.45) is 5.41 Å². The van der Waals surface area contributed by atoms with Gasteiger partial charge in [-0.05, 0) is 36.1 Å². The number of benzene rings is 1. The van der Waals surface area contributed by atoms with E-state index in [9.17, 15) is 5.11 Å². The van der Waals surface area contributed by atoms with Gasteiger partial charge >= 0.3 is 0 Å². The van der Waals surface area contributed by atoms with Crippen molar-refractivity contribution in [3.05, 3.63) is 24.3 Å². The van der Waals surface area contributed by atoms with Gasteiger partial charge in [-0.15, -0.1) is 5.10 Å². The van der Waals surface area contributed by atoms with Gasteiger partial charge < -0.3 is 10.4 Å². The lowest BCUT2D eigenvalue weighted by Crippen LogP contribution is -2.32. The predicted octanol–water partition coefficient (Wildman–Crippen LogP) is 3.05. The van der Waals surface area contributed by atoms with Crippen LogP contribution < -0.4 is 5.32 Å². The van der Waals surface area contributed by atoms with E-state index in [1.165, 1.54) is 0 Å². The normalized spacial score (nSPS) is 18.4. The highest BCUT2D eigenvalue weighted by molar-refractivity contribution is 5.57. The topological polar surface area (TPSA) is 63.0 Å². The van der Waals surface area contributed by atoms with E-state index >= 15 is 0 Å². The van der Waals surface area contributed by atoms with E-state index in [1.54, 1.807) is 12.1 Å². The van der Waals surface area contributed by atoms with Crippen molar-refractivity contribution in [3.8, 4) is 17.1 Å². The Morgan fingerprint density at radius 2 is 1.95 bits per heavy atom. The van der Waals surface area contributed by atoms with E-state index in [1.807, 2.05) is 16.8 Å². The Bertz CT molecular complexity index is 610. The summed E-state index contributed by atoms with van der Waals surface area (Å²) in [7, 11) is 0. The molecule has 2 N–H and O–H groups in total. The molecule has 2 aromatic rings. The standard InChI is InChI=1S/C15H20N4O/c1-15(2,3)12-8-9-16-14-17-13(18-19(12)14)10-4-6-11(20)7-5-10/h4-7,12,20H,8-9H2,1-3H3,(H,16,17,18). The highest BCUT2D eigenvalue weighted by Gasteiger charge is 2.32. The molecule has 106 valence electrons. The molecule has 1 aliphatic heterocycles. The fraction of sp³-hybridized carbons (Fsp3) is 0.467. The minimum atomic E-state index is 0.150. The number of anilines is 1. The van der Waals surface area contributed by atoms with Crippen molar-refractivity contribution in [1.29, 1.82) is 0 Å². The molecule has 0 aliphatic carbocycles. The lowest BCUT2D eigenvalue weighted by atomic mass is 9.84. The number of nitrogens with one attached hydrogen (secondary N) is 1. The molecule has 0 fully saturated rings. The SMILES string of the molecule is CC(C)(C)C1CCNc2nc(-c3ccc(O)cc3)nn21. The number of hydrogen-bond donors (Lipinski definition) is 2. The molecule has 1 aromatic heterocycles. The summed E-state index contributed by atoms with van der Waals surface area (Å²) in [6.07, 6.45) is 1.05. The molecular weight excluding hydrogens is 252 g/mol. The molecule has 20 heavy (non-hydrogen) atoms. The van der Waals surface area contributed by atoms with E-state index in [0.29, 0.717) is 11.9 Å². The van der Waals surface area contributed by atoms with E-state index < -0.39 is 0 Å². The summed E-state index contributed by atoms with van der Waals surface area (Å²) in [5.74, 6) is 1.78. The molecule has 5 heteroatoms. The third-order valence-corrected chi connectivity index (χ3v) is 3.75. The second-order valence-electron chi connectivity index (χ2n) is 6.35. The Hall–Kier alpha value is -2.04. The van der Waals surface area contributed by atoms with Crippen LogP contribution >= 0.6 is 0 Å². The molecule has 5 nitrogen and oxygen atoms in total. The molecule has 0 saturated heterocycles. The number of aromatic nitrogens is 3. The fourth-order valence-electron chi connectivity index (χ4n) is 2.64. The maximum Gasteiger partial charge on any atom is 0.221 e. The van der Waals surface area contributed by atoms with Crippen LogP contribution in [-0.2, 0) is 0 Å². The summed E-state index contributed by atoms with van der Waals surface area (Å²) in [4.78, 5) is 4.57. The molecule has 0 bridgehead atoms. The Balaban J connectivity index is 2.01. The maximum absolute atomic E-state index is 9.36. The van der Waals surface area contributed by atoms with E-state index in [4.69, 9.17) is 0 Å². The lowest BCUT2D eigenvalue weighted by molar-refractivity contribution is 0.210. The molecule has 1 unspecified atom stereocenters. The predicted molar refractivity (Wildman–Crippen MR) is 78.7 cm³/mol. The fourth-order valence-corrected chi connectivity index (χ4v) is 2.64. The average Bonchev–Trinajstić information content (AvgIpc) is 2.81. The molecule has 1 aromatic carbocycles. The van der Waals surface area contributed by atoms with Crippen LogP contribution in [0.15, 0.2) is 24.3 Å². The van der Waals surface area contributed by atoms with Crippen molar-refractivity contribution in [1.82, 2.24) is 14.8 Å². The Labute approximate surface area is 118 Å². The Morgan fingerprint density at radius 3 is 2.60 bits per heavy atom. The highest BCUT2D eigenvalue weighted by Crippen LogP contribution is 2.37. The number of rotatable bonds is 1. The lowest BCUT2D eigenvalue weighted by Gasteiger charge is -2.34. The largest absolute Gasteiger partial charge is 0.508 e. The smallest absolute Gasteiger partial charge is 0.221 e. The van der Waals surface area contributed by atoms with Gasteiger partial charge in [0, 0.05) is 12.1 Å². The molecule has 0 saturated carbocycles. The summed E-state index contributed by atoms with van der Waals surface area (Å²) in [5.41, 5.74) is 1.07. The number of phenols is 1. The zero-order valence-corrected chi connectivity index (χ0v) is 12.1. The van der Waals surface area contributed by atoms with Gasteiger partial charge in [0.15, 0.2) is 5.82 Å². The molecule has 1 aliphatic rings. The third-order valence-electron chi connectivity index (χ3n) is 3.75. The summed E-state index contributed by atoms with van der Waals surface area (Å²) in [6, 6.07) is 7.33. The quantitative estimate of drug-likeness (QED) is 0.837. The first-order chi connectivity index (χ1) is 9.45. The Kier molecular flexibility index (Phi) is 2.92. The van der Waals surface area contributed by atoms with Gasteiger partial charge in [-0.2, -0.15) is 4.98 Å². The second-order valence-corrected chi connectivity index (χ2v) is 6.35. The van der Waals surface area contributed by atoms with Crippen LogP contribution in [-0.4, -0.2) is 26.4 Å². The minimum absolute atomic E-state index is 0.150. The van der Waals surface area contributed by atoms with Crippen LogP contribution in [0.4, 0.5) is 5.95 Å². The van der Waals surface area contributed by atoms with Gasteiger partial charge in [0.25, 0.3) is 0 Å². The van der Waals surface area contributed by atoms with E-state index in [-0.39, 0.29) is 11.2 Å². The molecule has 2 heterocycles. The summed E-state index contributed by atoms with van der Waals surface area (Å²) in [6.45, 7) is 7.62. The van der Waals surface area contributed by atoms with Crippen LogP contribution in [0.5, 0.6) is 5.75 Å². The molecular formula is C15H20N4O. The third kappa shape index (κ3) is 2.24. The minimum Gasteiger partial charge on any atom is -0.508 e. The van der Waals surface area contributed by atoms with Gasteiger partial charge in [-0.3, -0.25) is 0 Å². The van der Waals surface area contributed by atoms with Crippen LogP contribution in [0.25, 0.3) is 11.4 Å². The van der Waals surface area contributed by atoms with Crippen molar-refractivity contribution < 1.29 is 5.11 Å². The van der Waals surface area contributed by atoms with E-state index in [0.717, 1.165) is 24.5 Å². The van der Waals surface area contributed by atoms with Crippen molar-refractivity contribution in [2.75, 3.05) is 11.9 Å². The van der Waals surface area contributed by atoms with Crippen molar-refractivity contribution in [3.63, 3.8) is 0 Å². The first-order valence-electron chi connectivity index (χ1n) is 6.95. The van der Waals surface area contributed by atoms with Gasteiger partial charge in [0.1, 0.15) is 5.75 Å². The van der Waals surface area contributed by atoms with Crippen molar-refractivity contribution >= 4 is 5.95 Å². The number of nitrogens with zero attached hydrogens (tertiary/aromatic N) is 3. The average molecular weight is 272 g/mol. The first kappa shape index (κ1) is 13.0. The summed E-state index contributed by atoms with van der Waals surface area (Å²) < 4.78 is 2.01. The van der Waals surface area contributed by atoms with Crippen molar-refractivity contribution in [2.45, 2.75) is 33.2 Å². The number of fused-ring (bicyclic) bond motifs is 1. The van der Waals surface area contributed by atoms with Gasteiger partial charge in [0.2, 0.25) is 5.95 Å². The summed E-state index contributed by atoms with van der Waals surface area (Å²) >= 11 is 0. The number of aromatic hydroxyl groups is 1.